The Morgan fingerprint density at radius 2 is 1.62 bits per heavy atom. The number of piperidine rings is 2. The minimum Gasteiger partial charge on any atom is -0.405 e. The third-order valence-corrected chi connectivity index (χ3v) is 15.8. The van der Waals surface area contributed by atoms with Crippen LogP contribution in [0.25, 0.3) is 0 Å². The van der Waals surface area contributed by atoms with Crippen molar-refractivity contribution in [2.45, 2.75) is 82.8 Å². The zero-order valence-corrected chi connectivity index (χ0v) is 38.3. The number of hydrogen-bond donors (Lipinski definition) is 4. The van der Waals surface area contributed by atoms with Crippen LogP contribution in [0, 0.1) is 46.2 Å². The molecule has 0 spiro atoms. The zero-order chi connectivity index (χ0) is 48.0. The largest absolute Gasteiger partial charge is 0.573 e. The Morgan fingerprint density at radius 3 is 2.33 bits per heavy atom. The van der Waals surface area contributed by atoms with Gasteiger partial charge >= 0.3 is 6.36 Å². The predicted octanol–water partition coefficient (Wildman–Crippen LogP) is 5.13. The van der Waals surface area contributed by atoms with E-state index in [0.717, 1.165) is 88.9 Å². The number of benzene rings is 2. The van der Waals surface area contributed by atoms with Gasteiger partial charge in [0.05, 0.1) is 23.0 Å². The minimum atomic E-state index is -4.82. The quantitative estimate of drug-likeness (QED) is 0.116. The number of para-hydroxylation sites is 1. The van der Waals surface area contributed by atoms with Crippen LogP contribution >= 0.6 is 0 Å². The molecule has 4 N–H and O–H groups in total. The Hall–Kier alpha value is -5.91. The van der Waals surface area contributed by atoms with Crippen molar-refractivity contribution < 1.29 is 41.5 Å². The lowest BCUT2D eigenvalue weighted by molar-refractivity contribution is -0.274. The van der Waals surface area contributed by atoms with Gasteiger partial charge in [-0.1, -0.05) is 18.2 Å². The number of likely N-dealkylation sites (tertiary alicyclic amines) is 1. The van der Waals surface area contributed by atoms with Gasteiger partial charge in [0.15, 0.2) is 0 Å². The van der Waals surface area contributed by atoms with E-state index in [1.807, 2.05) is 4.90 Å². The van der Waals surface area contributed by atoms with Gasteiger partial charge in [0.2, 0.25) is 17.8 Å². The second-order valence-electron chi connectivity index (χ2n) is 20.2. The van der Waals surface area contributed by atoms with Gasteiger partial charge in [-0.25, -0.2) is 9.37 Å². The van der Waals surface area contributed by atoms with E-state index >= 15 is 4.39 Å². The van der Waals surface area contributed by atoms with Crippen molar-refractivity contribution in [3.63, 3.8) is 0 Å². The van der Waals surface area contributed by atoms with Gasteiger partial charge < -0.3 is 30.5 Å². The first-order chi connectivity index (χ1) is 33.2. The SMILES string of the molecule is N#Cc1cnc(NCc2ccccc2OC(F)(F)F)nc1NCC12CC3C[C@H](C1)C(NCCN1CCC(CN4CCN(c5cc6c(cc5F)C(=O)N(C5CCC(=O)NC5=O)C6=O)CC4)CC1)[C@@H](C3)C2. The topological polar surface area (TPSA) is 188 Å². The summed E-state index contributed by atoms with van der Waals surface area (Å²) in [4.78, 5) is 67.3. The molecule has 69 heavy (non-hydrogen) atoms. The molecule has 1 aromatic heterocycles. The van der Waals surface area contributed by atoms with Crippen molar-refractivity contribution in [2.75, 3.05) is 81.0 Å². The lowest BCUT2D eigenvalue weighted by atomic mass is 9.48. The summed E-state index contributed by atoms with van der Waals surface area (Å²) in [6.45, 7) is 8.39. The molecule has 4 amide bonds. The maximum atomic E-state index is 15.5. The Kier molecular flexibility index (Phi) is 13.0. The van der Waals surface area contributed by atoms with Crippen LogP contribution in [-0.2, 0) is 16.1 Å². The average Bonchev–Trinajstić information content (AvgIpc) is 3.55. The van der Waals surface area contributed by atoms with E-state index in [1.54, 1.807) is 6.07 Å². The second-order valence-corrected chi connectivity index (χ2v) is 20.2. The molecule has 4 saturated carbocycles. The molecule has 2 aromatic carbocycles. The Bertz CT molecular complexity index is 2510. The van der Waals surface area contributed by atoms with Crippen LogP contribution in [0.2, 0.25) is 0 Å². The lowest BCUT2D eigenvalue weighted by Gasteiger charge is -2.60. The van der Waals surface area contributed by atoms with Crippen LogP contribution in [0.15, 0.2) is 42.6 Å². The molecule has 5 heterocycles. The highest BCUT2D eigenvalue weighted by Crippen LogP contribution is 2.60. The van der Waals surface area contributed by atoms with E-state index < -0.39 is 41.9 Å². The number of anilines is 3. The summed E-state index contributed by atoms with van der Waals surface area (Å²) in [5.74, 6) is -0.354. The van der Waals surface area contributed by atoms with Gasteiger partial charge in [-0.3, -0.25) is 34.3 Å². The van der Waals surface area contributed by atoms with Crippen molar-refractivity contribution in [2.24, 2.45) is 29.1 Å². The zero-order valence-electron chi connectivity index (χ0n) is 38.3. The molecule has 0 radical (unpaired) electrons. The number of nitriles is 1. The van der Waals surface area contributed by atoms with E-state index in [1.165, 1.54) is 43.3 Å². The number of nitrogens with one attached hydrogen (secondary N) is 4. The molecule has 16 nitrogen and oxygen atoms in total. The molecule has 20 heteroatoms. The van der Waals surface area contributed by atoms with Crippen LogP contribution in [0.3, 0.4) is 0 Å². The normalized spacial score (nSPS) is 27.4. The highest BCUT2D eigenvalue weighted by Gasteiger charge is 2.55. The number of piperazine rings is 1. The summed E-state index contributed by atoms with van der Waals surface area (Å²) < 4.78 is 58.6. The fourth-order valence-corrected chi connectivity index (χ4v) is 12.8. The van der Waals surface area contributed by atoms with Crippen molar-refractivity contribution in [3.05, 3.63) is 70.7 Å². The number of imide groups is 2. The smallest absolute Gasteiger partial charge is 0.405 e. The number of aromatic nitrogens is 2. The Morgan fingerprint density at radius 1 is 0.899 bits per heavy atom. The first kappa shape index (κ1) is 46.8. The van der Waals surface area contributed by atoms with Crippen LogP contribution < -0.4 is 30.9 Å². The van der Waals surface area contributed by atoms with E-state index in [4.69, 9.17) is 0 Å². The number of halogens is 4. The van der Waals surface area contributed by atoms with E-state index in [9.17, 15) is 37.6 Å². The van der Waals surface area contributed by atoms with Crippen molar-refractivity contribution >= 4 is 41.1 Å². The van der Waals surface area contributed by atoms with Gasteiger partial charge in [-0.05, 0) is 112 Å². The first-order valence-electron chi connectivity index (χ1n) is 24.3. The fraction of sp³-hybridized carbons (Fsp3) is 0.571. The number of nitrogens with zero attached hydrogens (tertiary/aromatic N) is 7. The monoisotopic (exact) mass is 955 g/mol. The number of amides is 4. The number of carbonyl (C=O) groups is 4. The van der Waals surface area contributed by atoms with Crippen molar-refractivity contribution in [1.29, 1.82) is 5.26 Å². The van der Waals surface area contributed by atoms with Crippen LogP contribution in [0.5, 0.6) is 5.75 Å². The molecular formula is C49H57F4N11O5. The average molecular weight is 956 g/mol. The van der Waals surface area contributed by atoms with Gasteiger partial charge in [0.1, 0.15) is 35.1 Å². The third-order valence-electron chi connectivity index (χ3n) is 15.8. The Labute approximate surface area is 397 Å². The predicted molar refractivity (Wildman–Crippen MR) is 244 cm³/mol. The molecular weight excluding hydrogens is 899 g/mol. The van der Waals surface area contributed by atoms with Gasteiger partial charge in [0.25, 0.3) is 11.8 Å². The van der Waals surface area contributed by atoms with Crippen LogP contribution in [-0.4, -0.2) is 132 Å². The molecule has 4 aliphatic heterocycles. The molecule has 4 unspecified atom stereocenters. The summed E-state index contributed by atoms with van der Waals surface area (Å²) in [5, 5.41) is 22.5. The molecule has 366 valence electrons. The molecule has 3 aromatic rings. The summed E-state index contributed by atoms with van der Waals surface area (Å²) in [7, 11) is 0. The summed E-state index contributed by atoms with van der Waals surface area (Å²) in [6, 6.07) is 10.0. The number of hydrogen-bond acceptors (Lipinski definition) is 14. The summed E-state index contributed by atoms with van der Waals surface area (Å²) >= 11 is 0. The number of carbonyl (C=O) groups excluding carboxylic acids is 4. The second kappa shape index (κ2) is 19.1. The lowest BCUT2D eigenvalue weighted by Crippen LogP contribution is -2.60. The highest BCUT2D eigenvalue weighted by molar-refractivity contribution is 6.23. The third kappa shape index (κ3) is 9.95. The molecule has 11 rings (SSSR count). The number of fused-ring (bicyclic) bond motifs is 1. The first-order valence-corrected chi connectivity index (χ1v) is 24.3. The van der Waals surface area contributed by atoms with E-state index in [0.29, 0.717) is 66.3 Å². The molecule has 8 aliphatic rings. The molecule has 6 atom stereocenters. The van der Waals surface area contributed by atoms with E-state index in [-0.39, 0.29) is 53.3 Å². The Balaban J connectivity index is 0.654. The summed E-state index contributed by atoms with van der Waals surface area (Å²) in [5.41, 5.74) is 0.998. The van der Waals surface area contributed by atoms with Gasteiger partial charge in [-0.15, -0.1) is 13.2 Å². The molecule has 3 saturated heterocycles. The standard InChI is InChI=1S/C49H57F4N11O5/c50-37-19-35-36(46(68)64(45(35)67)38-5-6-41(65)59-44(38)66)20-39(37)63-15-13-62(14-16-63)27-29-7-10-61(11-8-29)12-9-55-42-32-17-30-18-33(42)23-48(21-30,22-32)28-58-43-34(24-54)26-57-47(60-43)56-25-31-3-1-2-4-40(31)69-49(51,52)53/h1-4,19-20,26,29-30,32-33,38,42,55H,5-18,21-23,25,27-28H2,(H,59,65,66)(H2,56,57,58,60)/t30?,32-,33+,38?,42?,48?. The number of ether oxygens (including phenoxy) is 1. The van der Waals surface area contributed by atoms with Crippen LogP contribution in [0.4, 0.5) is 35.0 Å². The summed E-state index contributed by atoms with van der Waals surface area (Å²) in [6.07, 6.45) is 4.72. The van der Waals surface area contributed by atoms with Gasteiger partial charge in [-0.2, -0.15) is 10.2 Å². The maximum absolute atomic E-state index is 15.5. The maximum Gasteiger partial charge on any atom is 0.573 e. The molecule has 7 fully saturated rings. The van der Waals surface area contributed by atoms with E-state index in [2.05, 4.69) is 51.8 Å². The van der Waals surface area contributed by atoms with Crippen molar-refractivity contribution in [3.8, 4) is 11.8 Å². The highest BCUT2D eigenvalue weighted by atomic mass is 19.4. The molecule has 4 aliphatic carbocycles. The van der Waals surface area contributed by atoms with Gasteiger partial charge in [0, 0.05) is 76.9 Å². The number of rotatable bonds is 15. The minimum absolute atomic E-state index is 0.0000688. The molecule has 4 bridgehead atoms. The van der Waals surface area contributed by atoms with Crippen molar-refractivity contribution in [1.82, 2.24) is 35.3 Å². The fourth-order valence-electron chi connectivity index (χ4n) is 12.8. The number of alkyl halides is 3. The van der Waals surface area contributed by atoms with Crippen LogP contribution in [0.1, 0.15) is 89.6 Å².